The minimum absolute atomic E-state index is 0.121. The van der Waals surface area contributed by atoms with Crippen LogP contribution < -0.4 is 9.64 Å². The highest BCUT2D eigenvalue weighted by Crippen LogP contribution is 2.39. The molecule has 2 amide bonds. The average Bonchev–Trinajstić information content (AvgIpc) is 2.76. The number of carbonyl (C=O) groups excluding carboxylic acids is 3. The minimum atomic E-state index is -0.511. The Bertz CT molecular complexity index is 766. The van der Waals surface area contributed by atoms with Crippen LogP contribution in [0.2, 0.25) is 0 Å². The maximum absolute atomic E-state index is 13.6. The topological polar surface area (TPSA) is 98.7 Å². The molecule has 1 aromatic rings. The van der Waals surface area contributed by atoms with Crippen LogP contribution in [0.25, 0.3) is 0 Å². The monoisotopic (exact) mass is 493 g/mol. The summed E-state index contributed by atoms with van der Waals surface area (Å²) >= 11 is 0. The summed E-state index contributed by atoms with van der Waals surface area (Å²) in [5.74, 6) is -0.652. The van der Waals surface area contributed by atoms with Crippen molar-refractivity contribution in [2.24, 2.45) is 5.41 Å². The van der Waals surface area contributed by atoms with E-state index in [2.05, 4.69) is 30.7 Å². The van der Waals surface area contributed by atoms with E-state index in [1.165, 1.54) is 44.7 Å². The predicted molar refractivity (Wildman–Crippen MR) is 139 cm³/mol. The minimum Gasteiger partial charge on any atom is -0.467 e. The van der Waals surface area contributed by atoms with E-state index in [1.54, 1.807) is 0 Å². The Morgan fingerprint density at radius 2 is 1.40 bits per heavy atom. The number of ether oxygens (including phenoxy) is 2. The second-order valence-corrected chi connectivity index (χ2v) is 9.88. The van der Waals surface area contributed by atoms with Gasteiger partial charge in [0.2, 0.25) is 11.8 Å². The van der Waals surface area contributed by atoms with Crippen molar-refractivity contribution in [3.8, 4) is 6.01 Å². The molecule has 200 valence electrons. The van der Waals surface area contributed by atoms with Crippen molar-refractivity contribution >= 4 is 23.5 Å². The number of nitrogens with zero attached hydrogens (tertiary/aromatic N) is 3. The smallest absolute Gasteiger partial charge is 0.316 e. The van der Waals surface area contributed by atoms with Gasteiger partial charge >= 0.3 is 12.0 Å². The van der Waals surface area contributed by atoms with E-state index in [4.69, 9.17) is 9.47 Å². The number of methoxy groups -OCH3 is 1. The molecule has 1 rings (SSSR count). The standard InChI is InChI=1S/C21H35N3O3.C6H12O2/c1-6-9-10-11-14-21(12-7-2,13-8-3)19(26)24(17(4)25)18-15-22-20(27-5)23-16-18;1-5(7)8-6(2,3)4/h15-16H,6-14H2,1-5H3;1-4H3. The molecular formula is C27H47N3O5. The Labute approximate surface area is 212 Å². The third-order valence-electron chi connectivity index (χ3n) is 5.44. The van der Waals surface area contributed by atoms with Crippen molar-refractivity contribution in [3.63, 3.8) is 0 Å². The lowest BCUT2D eigenvalue weighted by Gasteiger charge is -2.36. The normalized spacial score (nSPS) is 11.2. The molecule has 0 aromatic carbocycles. The van der Waals surface area contributed by atoms with E-state index in [0.29, 0.717) is 5.69 Å². The molecular weight excluding hydrogens is 446 g/mol. The van der Waals surface area contributed by atoms with E-state index < -0.39 is 5.41 Å². The van der Waals surface area contributed by atoms with Gasteiger partial charge in [-0.05, 0) is 40.0 Å². The molecule has 0 bridgehead atoms. The van der Waals surface area contributed by atoms with Gasteiger partial charge in [-0.25, -0.2) is 14.9 Å². The van der Waals surface area contributed by atoms with Crippen molar-refractivity contribution in [2.45, 2.75) is 119 Å². The van der Waals surface area contributed by atoms with Gasteiger partial charge in [-0.3, -0.25) is 14.4 Å². The number of unbranched alkanes of at least 4 members (excludes halogenated alkanes) is 3. The van der Waals surface area contributed by atoms with Crippen LogP contribution in [0.5, 0.6) is 6.01 Å². The summed E-state index contributed by atoms with van der Waals surface area (Å²) in [5, 5.41) is 0. The summed E-state index contributed by atoms with van der Waals surface area (Å²) in [6, 6.07) is 0.211. The molecule has 0 radical (unpaired) electrons. The Morgan fingerprint density at radius 1 is 0.857 bits per heavy atom. The first-order chi connectivity index (χ1) is 16.4. The third-order valence-corrected chi connectivity index (χ3v) is 5.44. The second kappa shape index (κ2) is 16.2. The quantitative estimate of drug-likeness (QED) is 0.250. The molecule has 0 unspecified atom stereocenters. The summed E-state index contributed by atoms with van der Waals surface area (Å²) in [6.45, 7) is 14.7. The molecule has 0 N–H and O–H groups in total. The van der Waals surface area contributed by atoms with E-state index in [-0.39, 0.29) is 29.4 Å². The molecule has 0 aliphatic carbocycles. The van der Waals surface area contributed by atoms with Crippen LogP contribution in [0.3, 0.4) is 0 Å². The fourth-order valence-corrected chi connectivity index (χ4v) is 4.18. The number of amides is 2. The fourth-order valence-electron chi connectivity index (χ4n) is 4.18. The first kappa shape index (κ1) is 32.5. The van der Waals surface area contributed by atoms with Gasteiger partial charge < -0.3 is 9.47 Å². The van der Waals surface area contributed by atoms with Crippen LogP contribution in [0, 0.1) is 5.41 Å². The number of hydrogen-bond acceptors (Lipinski definition) is 7. The molecule has 0 aliphatic rings. The van der Waals surface area contributed by atoms with Gasteiger partial charge in [0.05, 0.1) is 30.6 Å². The third kappa shape index (κ3) is 12.1. The molecule has 35 heavy (non-hydrogen) atoms. The number of imide groups is 1. The number of hydrogen-bond donors (Lipinski definition) is 0. The van der Waals surface area contributed by atoms with Crippen LogP contribution >= 0.6 is 0 Å². The molecule has 0 fully saturated rings. The van der Waals surface area contributed by atoms with Crippen molar-refractivity contribution in [2.75, 3.05) is 12.0 Å². The van der Waals surface area contributed by atoms with Crippen LogP contribution in [-0.4, -0.2) is 40.5 Å². The zero-order chi connectivity index (χ0) is 27.1. The first-order valence-corrected chi connectivity index (χ1v) is 12.8. The van der Waals surface area contributed by atoms with Gasteiger partial charge in [-0.1, -0.05) is 59.3 Å². The van der Waals surface area contributed by atoms with E-state index in [0.717, 1.165) is 51.4 Å². The lowest BCUT2D eigenvalue weighted by molar-refractivity contribution is -0.152. The van der Waals surface area contributed by atoms with Crippen LogP contribution in [0.15, 0.2) is 12.4 Å². The highest BCUT2D eigenvalue weighted by atomic mass is 16.6. The maximum Gasteiger partial charge on any atom is 0.316 e. The Hall–Kier alpha value is -2.51. The Balaban J connectivity index is 0.00000124. The Morgan fingerprint density at radius 3 is 1.74 bits per heavy atom. The molecule has 0 saturated carbocycles. The van der Waals surface area contributed by atoms with E-state index in [9.17, 15) is 14.4 Å². The highest BCUT2D eigenvalue weighted by Gasteiger charge is 2.41. The molecule has 1 heterocycles. The van der Waals surface area contributed by atoms with Crippen LogP contribution in [0.4, 0.5) is 5.69 Å². The van der Waals surface area contributed by atoms with Crippen LogP contribution in [0.1, 0.15) is 113 Å². The average molecular weight is 494 g/mol. The van der Waals surface area contributed by atoms with E-state index in [1.807, 2.05) is 20.8 Å². The lowest BCUT2D eigenvalue weighted by Crippen LogP contribution is -2.46. The largest absolute Gasteiger partial charge is 0.467 e. The summed E-state index contributed by atoms with van der Waals surface area (Å²) in [4.78, 5) is 45.6. The van der Waals surface area contributed by atoms with Crippen molar-refractivity contribution < 1.29 is 23.9 Å². The molecule has 8 heteroatoms. The van der Waals surface area contributed by atoms with Crippen molar-refractivity contribution in [1.29, 1.82) is 0 Å². The zero-order valence-electron chi connectivity index (χ0n) is 23.4. The van der Waals surface area contributed by atoms with Gasteiger partial charge in [-0.2, -0.15) is 0 Å². The maximum atomic E-state index is 13.6. The van der Waals surface area contributed by atoms with Crippen molar-refractivity contribution in [1.82, 2.24) is 9.97 Å². The summed E-state index contributed by atoms with van der Waals surface area (Å²) in [7, 11) is 1.48. The first-order valence-electron chi connectivity index (χ1n) is 12.8. The molecule has 8 nitrogen and oxygen atoms in total. The molecule has 1 aromatic heterocycles. The summed E-state index contributed by atoms with van der Waals surface area (Å²) in [5.41, 5.74) is -0.437. The zero-order valence-corrected chi connectivity index (χ0v) is 23.4. The summed E-state index contributed by atoms with van der Waals surface area (Å²) in [6.07, 6.45) is 11.6. The van der Waals surface area contributed by atoms with Gasteiger partial charge in [0.15, 0.2) is 0 Å². The molecule has 0 saturated heterocycles. The molecule has 0 spiro atoms. The van der Waals surface area contributed by atoms with E-state index >= 15 is 0 Å². The van der Waals surface area contributed by atoms with Crippen molar-refractivity contribution in [3.05, 3.63) is 12.4 Å². The number of carbonyl (C=O) groups is 3. The van der Waals surface area contributed by atoms with Gasteiger partial charge in [0.25, 0.3) is 0 Å². The SMILES string of the molecule is CC(=O)OC(C)(C)C.CCCCCCC(CCC)(CCC)C(=O)N(C(C)=O)c1cnc(OC)nc1. The van der Waals surface area contributed by atoms with Gasteiger partial charge in [0, 0.05) is 13.8 Å². The number of esters is 1. The lowest BCUT2D eigenvalue weighted by atomic mass is 9.73. The van der Waals surface area contributed by atoms with Gasteiger partial charge in [-0.15, -0.1) is 0 Å². The fraction of sp³-hybridized carbons (Fsp3) is 0.741. The molecule has 0 aliphatic heterocycles. The number of anilines is 1. The van der Waals surface area contributed by atoms with Crippen LogP contribution in [-0.2, 0) is 19.1 Å². The number of aromatic nitrogens is 2. The van der Waals surface area contributed by atoms with Gasteiger partial charge in [0.1, 0.15) is 5.60 Å². The predicted octanol–water partition coefficient (Wildman–Crippen LogP) is 6.27. The number of rotatable bonds is 12. The second-order valence-electron chi connectivity index (χ2n) is 9.88. The summed E-state index contributed by atoms with van der Waals surface area (Å²) < 4.78 is 9.78. The Kier molecular flexibility index (Phi) is 15.1. The highest BCUT2D eigenvalue weighted by molar-refractivity contribution is 6.15. The molecule has 0 atom stereocenters.